The van der Waals surface area contributed by atoms with E-state index in [-0.39, 0.29) is 34.7 Å². The summed E-state index contributed by atoms with van der Waals surface area (Å²) < 4.78 is 32.2. The van der Waals surface area contributed by atoms with Crippen molar-refractivity contribution in [3.63, 3.8) is 0 Å². The van der Waals surface area contributed by atoms with E-state index in [2.05, 4.69) is 20.7 Å². The number of aliphatic hydroxyl groups is 1. The van der Waals surface area contributed by atoms with Crippen LogP contribution in [0.1, 0.15) is 6.42 Å². The average Bonchev–Trinajstić information content (AvgIpc) is 2.31. The van der Waals surface area contributed by atoms with Crippen molar-refractivity contribution >= 4 is 49.2 Å². The van der Waals surface area contributed by atoms with E-state index in [1.807, 2.05) is 0 Å². The molecule has 0 saturated heterocycles. The molecule has 0 aliphatic heterocycles. The summed E-state index contributed by atoms with van der Waals surface area (Å²) in [5, 5.41) is 8.61. The third-order valence-electron chi connectivity index (χ3n) is 2.22. The van der Waals surface area contributed by atoms with Crippen LogP contribution in [-0.2, 0) is 14.8 Å². The van der Waals surface area contributed by atoms with Gasteiger partial charge in [0.05, 0.1) is 23.3 Å². The second-order valence-electron chi connectivity index (χ2n) is 3.79. The quantitative estimate of drug-likeness (QED) is 0.650. The van der Waals surface area contributed by atoms with Gasteiger partial charge in [-0.15, -0.1) is 0 Å². The first-order valence-electron chi connectivity index (χ1n) is 5.71. The van der Waals surface area contributed by atoms with E-state index >= 15 is 0 Å². The van der Waals surface area contributed by atoms with Crippen LogP contribution in [0.4, 0.5) is 0 Å². The van der Waals surface area contributed by atoms with Crippen LogP contribution in [0.2, 0.25) is 10.0 Å². The maximum Gasteiger partial charge on any atom is 0.243 e. The van der Waals surface area contributed by atoms with Crippen LogP contribution in [-0.4, -0.2) is 39.9 Å². The van der Waals surface area contributed by atoms with Gasteiger partial charge in [-0.2, -0.15) is 0 Å². The molecule has 0 aliphatic rings. The summed E-state index contributed by atoms with van der Waals surface area (Å²) in [6.45, 7) is 0.717. The standard InChI is InChI=1S/C11H14BrCl2NO4S/c12-8-6-9(13)11(10(14)7-8)20(17,18)15-2-1-4-19-5-3-16/h6-7,15-16H,1-5H2. The molecule has 0 unspecified atom stereocenters. The fraction of sp³-hybridized carbons (Fsp3) is 0.455. The molecule has 0 atom stereocenters. The number of rotatable bonds is 8. The largest absolute Gasteiger partial charge is 0.394 e. The summed E-state index contributed by atoms with van der Waals surface area (Å²) in [5.41, 5.74) is 0. The summed E-state index contributed by atoms with van der Waals surface area (Å²) in [5.74, 6) is 0. The molecule has 5 nitrogen and oxygen atoms in total. The zero-order valence-corrected chi connectivity index (χ0v) is 14.3. The Bertz CT molecular complexity index is 530. The number of benzene rings is 1. The van der Waals surface area contributed by atoms with Crippen LogP contribution in [0.15, 0.2) is 21.5 Å². The van der Waals surface area contributed by atoms with Gasteiger partial charge in [0.2, 0.25) is 10.0 Å². The van der Waals surface area contributed by atoms with E-state index in [4.69, 9.17) is 33.0 Å². The van der Waals surface area contributed by atoms with E-state index in [1.54, 1.807) is 0 Å². The Kier molecular flexibility index (Phi) is 7.74. The maximum absolute atomic E-state index is 12.1. The van der Waals surface area contributed by atoms with Gasteiger partial charge in [-0.25, -0.2) is 13.1 Å². The van der Waals surface area contributed by atoms with Gasteiger partial charge in [0, 0.05) is 17.6 Å². The highest BCUT2D eigenvalue weighted by molar-refractivity contribution is 9.10. The lowest BCUT2D eigenvalue weighted by atomic mass is 10.4. The van der Waals surface area contributed by atoms with Gasteiger partial charge in [-0.1, -0.05) is 39.1 Å². The Labute approximate surface area is 136 Å². The van der Waals surface area contributed by atoms with Crippen LogP contribution in [0, 0.1) is 0 Å². The summed E-state index contributed by atoms with van der Waals surface area (Å²) >= 11 is 15.0. The molecule has 0 amide bonds. The molecule has 0 fully saturated rings. The van der Waals surface area contributed by atoms with Crippen LogP contribution in [0.5, 0.6) is 0 Å². The van der Waals surface area contributed by atoms with Crippen molar-refractivity contribution in [1.82, 2.24) is 4.72 Å². The zero-order valence-electron chi connectivity index (χ0n) is 10.4. The molecule has 0 saturated carbocycles. The smallest absolute Gasteiger partial charge is 0.243 e. The SMILES string of the molecule is O=S(=O)(NCCCOCCO)c1c(Cl)cc(Br)cc1Cl. The fourth-order valence-electron chi connectivity index (χ4n) is 1.41. The first-order valence-corrected chi connectivity index (χ1v) is 8.74. The Morgan fingerprint density at radius 2 is 1.85 bits per heavy atom. The van der Waals surface area contributed by atoms with Crippen molar-refractivity contribution < 1.29 is 18.3 Å². The predicted molar refractivity (Wildman–Crippen MR) is 81.9 cm³/mol. The molecule has 0 aliphatic carbocycles. The molecule has 0 radical (unpaired) electrons. The monoisotopic (exact) mass is 405 g/mol. The Morgan fingerprint density at radius 1 is 1.25 bits per heavy atom. The van der Waals surface area contributed by atoms with Crippen LogP contribution >= 0.6 is 39.1 Å². The summed E-state index contributed by atoms with van der Waals surface area (Å²) in [7, 11) is -3.77. The molecule has 0 spiro atoms. The van der Waals surface area contributed by atoms with Gasteiger partial charge in [0.25, 0.3) is 0 Å². The first-order chi connectivity index (χ1) is 9.38. The fourth-order valence-corrected chi connectivity index (χ4v) is 4.41. The first kappa shape index (κ1) is 18.2. The van der Waals surface area contributed by atoms with Crippen LogP contribution in [0.3, 0.4) is 0 Å². The number of sulfonamides is 1. The summed E-state index contributed by atoms with van der Waals surface area (Å²) in [4.78, 5) is -0.139. The summed E-state index contributed by atoms with van der Waals surface area (Å²) in [6, 6.07) is 2.93. The number of halogens is 3. The minimum atomic E-state index is -3.77. The highest BCUT2D eigenvalue weighted by Crippen LogP contribution is 2.32. The molecule has 0 bridgehead atoms. The van der Waals surface area contributed by atoms with Crippen molar-refractivity contribution in [2.24, 2.45) is 0 Å². The number of hydrogen-bond acceptors (Lipinski definition) is 4. The molecule has 9 heteroatoms. The van der Waals surface area contributed by atoms with Crippen LogP contribution in [0.25, 0.3) is 0 Å². The molecule has 1 rings (SSSR count). The van der Waals surface area contributed by atoms with Crippen molar-refractivity contribution in [2.45, 2.75) is 11.3 Å². The third-order valence-corrected chi connectivity index (χ3v) is 5.06. The minimum absolute atomic E-state index is 0.0494. The molecule has 1 aromatic rings. The van der Waals surface area contributed by atoms with E-state index in [9.17, 15) is 8.42 Å². The van der Waals surface area contributed by atoms with E-state index in [1.165, 1.54) is 12.1 Å². The highest BCUT2D eigenvalue weighted by Gasteiger charge is 2.21. The van der Waals surface area contributed by atoms with Crippen molar-refractivity contribution in [2.75, 3.05) is 26.4 Å². The lowest BCUT2D eigenvalue weighted by Crippen LogP contribution is -2.26. The normalized spacial score (nSPS) is 11.8. The minimum Gasteiger partial charge on any atom is -0.394 e. The third kappa shape index (κ3) is 5.48. The molecule has 114 valence electrons. The van der Waals surface area contributed by atoms with Crippen LogP contribution < -0.4 is 4.72 Å². The van der Waals surface area contributed by atoms with Gasteiger partial charge in [-0.3, -0.25) is 0 Å². The molecular formula is C11H14BrCl2NO4S. The van der Waals surface area contributed by atoms with E-state index < -0.39 is 10.0 Å². The number of ether oxygens (including phenoxy) is 1. The lowest BCUT2D eigenvalue weighted by Gasteiger charge is -2.10. The van der Waals surface area contributed by atoms with E-state index in [0.29, 0.717) is 17.5 Å². The Hall–Kier alpha value is 0.110. The molecule has 20 heavy (non-hydrogen) atoms. The number of hydrogen-bond donors (Lipinski definition) is 2. The van der Waals surface area contributed by atoms with Gasteiger partial charge in [0.15, 0.2) is 0 Å². The molecule has 1 aromatic carbocycles. The lowest BCUT2D eigenvalue weighted by molar-refractivity contribution is 0.0913. The molecular weight excluding hydrogens is 393 g/mol. The molecule has 0 heterocycles. The second kappa shape index (κ2) is 8.53. The van der Waals surface area contributed by atoms with Crippen molar-refractivity contribution in [3.8, 4) is 0 Å². The molecule has 2 N–H and O–H groups in total. The maximum atomic E-state index is 12.1. The van der Waals surface area contributed by atoms with Gasteiger partial charge < -0.3 is 9.84 Å². The summed E-state index contributed by atoms with van der Waals surface area (Å²) in [6.07, 6.45) is 0.477. The number of nitrogens with one attached hydrogen (secondary N) is 1. The molecule has 0 aromatic heterocycles. The average molecular weight is 407 g/mol. The van der Waals surface area contributed by atoms with Crippen molar-refractivity contribution in [1.29, 1.82) is 0 Å². The van der Waals surface area contributed by atoms with E-state index in [0.717, 1.165) is 0 Å². The Morgan fingerprint density at radius 3 is 2.40 bits per heavy atom. The van der Waals surface area contributed by atoms with Gasteiger partial charge in [-0.05, 0) is 18.6 Å². The topological polar surface area (TPSA) is 75.6 Å². The zero-order chi connectivity index (χ0) is 15.2. The van der Waals surface area contributed by atoms with Gasteiger partial charge >= 0.3 is 0 Å². The van der Waals surface area contributed by atoms with Crippen molar-refractivity contribution in [3.05, 3.63) is 26.7 Å². The predicted octanol–water partition coefficient (Wildman–Crippen LogP) is 2.43. The Balaban J connectivity index is 2.66. The van der Waals surface area contributed by atoms with Gasteiger partial charge in [0.1, 0.15) is 4.90 Å². The number of aliphatic hydroxyl groups excluding tert-OH is 1. The highest BCUT2D eigenvalue weighted by atomic mass is 79.9. The second-order valence-corrected chi connectivity index (χ2v) is 7.22.